The third-order valence-electron chi connectivity index (χ3n) is 2.70. The zero-order chi connectivity index (χ0) is 12.0. The van der Waals surface area contributed by atoms with E-state index in [1.54, 1.807) is 6.07 Å². The molecule has 1 aliphatic rings. The molecule has 1 aliphatic carbocycles. The van der Waals surface area contributed by atoms with Crippen LogP contribution in [-0.4, -0.2) is 18.0 Å². The van der Waals surface area contributed by atoms with Gasteiger partial charge in [-0.05, 0) is 12.1 Å². The molecule has 1 aromatic heterocycles. The number of methoxy groups -OCH3 is 1. The number of halogens is 3. The van der Waals surface area contributed by atoms with Crippen molar-refractivity contribution in [2.45, 2.75) is 24.3 Å². The third kappa shape index (κ3) is 1.85. The fourth-order valence-electron chi connectivity index (χ4n) is 2.01. The Labute approximate surface area is 96.6 Å². The molecule has 0 unspecified atom stereocenters. The van der Waals surface area contributed by atoms with Crippen molar-refractivity contribution in [3.63, 3.8) is 0 Å². The lowest BCUT2D eigenvalue weighted by Crippen LogP contribution is -2.55. The number of rotatable bonds is 2. The summed E-state index contributed by atoms with van der Waals surface area (Å²) in [5.41, 5.74) is 5.30. The first-order valence-corrected chi connectivity index (χ1v) is 5.12. The van der Waals surface area contributed by atoms with E-state index in [9.17, 15) is 8.78 Å². The van der Waals surface area contributed by atoms with E-state index in [0.29, 0.717) is 5.56 Å². The molecule has 2 rings (SSSR count). The minimum absolute atomic E-state index is 0.213. The monoisotopic (exact) mass is 248 g/mol. The highest BCUT2D eigenvalue weighted by molar-refractivity contribution is 6.29. The van der Waals surface area contributed by atoms with Gasteiger partial charge in [-0.3, -0.25) is 0 Å². The first-order valence-electron chi connectivity index (χ1n) is 4.74. The molecule has 3 nitrogen and oxygen atoms in total. The number of hydrogen-bond donors (Lipinski definition) is 1. The van der Waals surface area contributed by atoms with Crippen LogP contribution in [0.2, 0.25) is 5.15 Å². The van der Waals surface area contributed by atoms with Gasteiger partial charge in [-0.25, -0.2) is 13.8 Å². The summed E-state index contributed by atoms with van der Waals surface area (Å²) in [7, 11) is 1.41. The Kier molecular flexibility index (Phi) is 2.55. The lowest BCUT2D eigenvalue weighted by Gasteiger charge is -2.44. The highest BCUT2D eigenvalue weighted by Gasteiger charge is 2.56. The van der Waals surface area contributed by atoms with E-state index in [1.807, 2.05) is 0 Å². The van der Waals surface area contributed by atoms with Crippen molar-refractivity contribution in [1.29, 1.82) is 0 Å². The summed E-state index contributed by atoms with van der Waals surface area (Å²) in [5, 5.41) is 0.246. The number of pyridine rings is 1. The molecular formula is C10H11ClF2N2O. The van der Waals surface area contributed by atoms with Gasteiger partial charge in [0.1, 0.15) is 5.15 Å². The number of nitrogens with zero attached hydrogens (tertiary/aromatic N) is 1. The van der Waals surface area contributed by atoms with E-state index in [-0.39, 0.29) is 23.9 Å². The van der Waals surface area contributed by atoms with Crippen molar-refractivity contribution in [2.75, 3.05) is 7.11 Å². The van der Waals surface area contributed by atoms with E-state index in [1.165, 1.54) is 13.2 Å². The summed E-state index contributed by atoms with van der Waals surface area (Å²) < 4.78 is 30.7. The van der Waals surface area contributed by atoms with Crippen LogP contribution >= 0.6 is 11.6 Å². The molecule has 88 valence electrons. The average molecular weight is 249 g/mol. The fourth-order valence-corrected chi connectivity index (χ4v) is 2.15. The molecule has 0 aromatic carbocycles. The molecule has 1 aromatic rings. The quantitative estimate of drug-likeness (QED) is 0.817. The molecule has 0 amide bonds. The Morgan fingerprint density at radius 1 is 1.44 bits per heavy atom. The molecule has 1 saturated carbocycles. The van der Waals surface area contributed by atoms with Crippen LogP contribution in [0.1, 0.15) is 18.4 Å². The van der Waals surface area contributed by atoms with E-state index in [4.69, 9.17) is 22.1 Å². The summed E-state index contributed by atoms with van der Waals surface area (Å²) >= 11 is 5.68. The average Bonchev–Trinajstić information content (AvgIpc) is 2.14. The van der Waals surface area contributed by atoms with Gasteiger partial charge in [-0.2, -0.15) is 0 Å². The lowest BCUT2D eigenvalue weighted by molar-refractivity contribution is -0.125. The second-order valence-corrected chi connectivity index (χ2v) is 4.44. The normalized spacial score (nSPS) is 21.3. The van der Waals surface area contributed by atoms with Crippen LogP contribution in [0, 0.1) is 0 Å². The van der Waals surface area contributed by atoms with Crippen molar-refractivity contribution in [2.24, 2.45) is 5.73 Å². The van der Waals surface area contributed by atoms with Gasteiger partial charge in [0.2, 0.25) is 5.88 Å². The minimum Gasteiger partial charge on any atom is -0.481 e. The summed E-state index contributed by atoms with van der Waals surface area (Å²) in [6.07, 6.45) is -0.778. The summed E-state index contributed by atoms with van der Waals surface area (Å²) in [6, 6.07) is 3.11. The van der Waals surface area contributed by atoms with Crippen LogP contribution in [0.5, 0.6) is 5.88 Å². The first kappa shape index (κ1) is 11.5. The predicted molar refractivity (Wildman–Crippen MR) is 55.8 cm³/mol. The number of aromatic nitrogens is 1. The molecule has 1 fully saturated rings. The SMILES string of the molecule is COc1nc(Cl)ccc1C1(N)CC(F)(F)C1. The Morgan fingerprint density at radius 2 is 2.06 bits per heavy atom. The van der Waals surface area contributed by atoms with Gasteiger partial charge in [-0.15, -0.1) is 0 Å². The predicted octanol–water partition coefficient (Wildman–Crippen LogP) is 2.33. The molecule has 6 heteroatoms. The molecule has 0 bridgehead atoms. The summed E-state index contributed by atoms with van der Waals surface area (Å²) in [5.74, 6) is -2.48. The molecule has 0 spiro atoms. The molecule has 2 N–H and O–H groups in total. The lowest BCUT2D eigenvalue weighted by atomic mass is 9.70. The second kappa shape index (κ2) is 3.53. The van der Waals surface area contributed by atoms with Crippen LogP contribution in [0.3, 0.4) is 0 Å². The maximum Gasteiger partial charge on any atom is 0.252 e. The van der Waals surface area contributed by atoms with Gasteiger partial charge in [0.05, 0.1) is 12.6 Å². The van der Waals surface area contributed by atoms with E-state index in [2.05, 4.69) is 4.98 Å². The third-order valence-corrected chi connectivity index (χ3v) is 2.91. The summed E-state index contributed by atoms with van der Waals surface area (Å²) in [4.78, 5) is 3.91. The smallest absolute Gasteiger partial charge is 0.252 e. The highest BCUT2D eigenvalue weighted by Crippen LogP contribution is 2.51. The van der Waals surface area contributed by atoms with Crippen molar-refractivity contribution in [3.05, 3.63) is 22.8 Å². The maximum absolute atomic E-state index is 12.9. The van der Waals surface area contributed by atoms with Gasteiger partial charge >= 0.3 is 0 Å². The number of alkyl halides is 2. The molecule has 0 radical (unpaired) electrons. The molecule has 16 heavy (non-hydrogen) atoms. The number of nitrogens with two attached hydrogens (primary N) is 1. The van der Waals surface area contributed by atoms with E-state index < -0.39 is 11.5 Å². The van der Waals surface area contributed by atoms with Crippen molar-refractivity contribution in [3.8, 4) is 5.88 Å². The Bertz CT molecular complexity index is 417. The van der Waals surface area contributed by atoms with E-state index >= 15 is 0 Å². The highest BCUT2D eigenvalue weighted by atomic mass is 35.5. The Hall–Kier alpha value is -0.940. The second-order valence-electron chi connectivity index (χ2n) is 4.06. The Balaban J connectivity index is 2.35. The molecule has 0 aliphatic heterocycles. The fraction of sp³-hybridized carbons (Fsp3) is 0.500. The molecule has 0 saturated heterocycles. The van der Waals surface area contributed by atoms with Gasteiger partial charge < -0.3 is 10.5 Å². The zero-order valence-corrected chi connectivity index (χ0v) is 9.39. The Morgan fingerprint density at radius 3 is 2.56 bits per heavy atom. The van der Waals surface area contributed by atoms with Crippen molar-refractivity contribution in [1.82, 2.24) is 4.98 Å². The van der Waals surface area contributed by atoms with Crippen LogP contribution in [0.15, 0.2) is 12.1 Å². The number of ether oxygens (including phenoxy) is 1. The summed E-state index contributed by atoms with van der Waals surface area (Å²) in [6.45, 7) is 0. The van der Waals surface area contributed by atoms with Crippen molar-refractivity contribution < 1.29 is 13.5 Å². The first-order chi connectivity index (χ1) is 7.36. The van der Waals surface area contributed by atoms with Gasteiger partial charge in [0.15, 0.2) is 0 Å². The van der Waals surface area contributed by atoms with Crippen molar-refractivity contribution >= 4 is 11.6 Å². The van der Waals surface area contributed by atoms with E-state index in [0.717, 1.165) is 0 Å². The molecular weight excluding hydrogens is 238 g/mol. The van der Waals surface area contributed by atoms with Gasteiger partial charge in [0, 0.05) is 18.4 Å². The molecule has 1 heterocycles. The van der Waals surface area contributed by atoms with Crippen LogP contribution in [-0.2, 0) is 5.54 Å². The topological polar surface area (TPSA) is 48.1 Å². The standard InChI is InChI=1S/C10H11ClF2N2O/c1-16-8-6(2-3-7(11)15-8)9(14)4-10(12,13)5-9/h2-3H,4-5,14H2,1H3. The number of hydrogen-bond acceptors (Lipinski definition) is 3. The zero-order valence-electron chi connectivity index (χ0n) is 8.64. The van der Waals surface area contributed by atoms with Gasteiger partial charge in [-0.1, -0.05) is 11.6 Å². The largest absolute Gasteiger partial charge is 0.481 e. The van der Waals surface area contributed by atoms with Crippen LogP contribution in [0.4, 0.5) is 8.78 Å². The minimum atomic E-state index is -2.70. The molecule has 0 atom stereocenters. The van der Waals surface area contributed by atoms with Crippen LogP contribution < -0.4 is 10.5 Å². The van der Waals surface area contributed by atoms with Crippen LogP contribution in [0.25, 0.3) is 0 Å². The van der Waals surface area contributed by atoms with Gasteiger partial charge in [0.25, 0.3) is 5.92 Å². The maximum atomic E-state index is 12.9.